The Morgan fingerprint density at radius 2 is 0.624 bits per heavy atom. The number of nitrogens with zero attached hydrogens (tertiary/aromatic N) is 2. The van der Waals surface area contributed by atoms with Crippen LogP contribution in [-0.2, 0) is 29.1 Å². The topological polar surface area (TPSA) is 6.48 Å². The minimum absolute atomic E-state index is 0.310. The fourth-order valence-corrected chi connectivity index (χ4v) is 19.6. The summed E-state index contributed by atoms with van der Waals surface area (Å²) >= 11 is 0. The van der Waals surface area contributed by atoms with E-state index in [0.29, 0.717) is 11.8 Å². The maximum Gasteiger partial charge on any atom is 0.0714 e. The van der Waals surface area contributed by atoms with E-state index in [-0.39, 0.29) is 5.41 Å². The molecule has 14 aromatic carbocycles. The van der Waals surface area contributed by atoms with Crippen LogP contribution in [0.1, 0.15) is 184 Å². The molecule has 3 aliphatic carbocycles. The van der Waals surface area contributed by atoms with Gasteiger partial charge in [0.25, 0.3) is 0 Å². The highest BCUT2D eigenvalue weighted by atomic mass is 15.2. The molecule has 14 aromatic rings. The standard InChI is InChI=1S/C107H100N2/c1-9-13-15-25-65-105(66-26-16-14-10-2)99-69-85(108(103-39-27-31-79-29-17-19-33-89(79)103)87-59-63-95-91-35-21-23-37-97(91)106(101(95)71-87,81-49-41-75(11-3)42-50-81)83-53-45-77(46-54-83)67-73(5)6)57-61-93(99)94-62-58-86(70-100(94)105)109(104-40-28-32-80-30-18-20-34-90(80)104)88-60-64-96-92-36-22-24-38-98(92)107(102(96)72-88,82-51-43-76(12-4)44-52-82)84-55-47-78(48-56-84)68-74(7)8/h11-12,17-24,27-64,69-74H,3-4,9-10,13-16,25-26,65-68H2,1-2,5-8H3. The average molecular weight is 1410 g/mol. The van der Waals surface area contributed by atoms with Gasteiger partial charge in [-0.3, -0.25) is 0 Å². The van der Waals surface area contributed by atoms with Gasteiger partial charge in [-0.1, -0.05) is 361 Å². The minimum Gasteiger partial charge on any atom is -0.310 e. The summed E-state index contributed by atoms with van der Waals surface area (Å²) in [6.07, 6.45) is 17.5. The van der Waals surface area contributed by atoms with E-state index in [2.05, 4.69) is 368 Å². The van der Waals surface area contributed by atoms with Gasteiger partial charge in [-0.15, -0.1) is 0 Å². The lowest BCUT2D eigenvalue weighted by Crippen LogP contribution is -2.29. The molecular formula is C107H100N2. The molecule has 0 radical (unpaired) electrons. The lowest BCUT2D eigenvalue weighted by Gasteiger charge is -2.36. The normalized spacial score (nSPS) is 15.5. The predicted molar refractivity (Wildman–Crippen MR) is 466 cm³/mol. The Morgan fingerprint density at radius 3 is 0.991 bits per heavy atom. The molecule has 2 nitrogen and oxygen atoms in total. The van der Waals surface area contributed by atoms with E-state index in [1.54, 1.807) is 0 Å². The summed E-state index contributed by atoms with van der Waals surface area (Å²) in [7, 11) is 0. The second-order valence-corrected chi connectivity index (χ2v) is 32.1. The number of hydrogen-bond acceptors (Lipinski definition) is 2. The van der Waals surface area contributed by atoms with Gasteiger partial charge in [-0.25, -0.2) is 0 Å². The second kappa shape index (κ2) is 29.7. The summed E-state index contributed by atoms with van der Waals surface area (Å²) in [5, 5.41) is 4.86. The zero-order valence-corrected chi connectivity index (χ0v) is 64.5. The lowest BCUT2D eigenvalue weighted by molar-refractivity contribution is 0.401. The Morgan fingerprint density at radius 1 is 0.303 bits per heavy atom. The summed E-state index contributed by atoms with van der Waals surface area (Å²) in [5.41, 5.74) is 31.1. The predicted octanol–water partition coefficient (Wildman–Crippen LogP) is 29.5. The summed E-state index contributed by atoms with van der Waals surface area (Å²) < 4.78 is 0. The zero-order chi connectivity index (χ0) is 74.4. The Bertz CT molecular complexity index is 5350. The molecule has 0 aliphatic heterocycles. The van der Waals surface area contributed by atoms with Gasteiger partial charge in [0.05, 0.1) is 22.2 Å². The van der Waals surface area contributed by atoms with Crippen molar-refractivity contribution >= 4 is 67.8 Å². The first-order chi connectivity index (χ1) is 53.5. The molecule has 0 heterocycles. The van der Waals surface area contributed by atoms with Gasteiger partial charge in [0.1, 0.15) is 0 Å². The van der Waals surface area contributed by atoms with Crippen LogP contribution in [0.2, 0.25) is 0 Å². The van der Waals surface area contributed by atoms with E-state index in [0.717, 1.165) is 83.8 Å². The molecule has 17 rings (SSSR count). The van der Waals surface area contributed by atoms with Gasteiger partial charge in [0.15, 0.2) is 0 Å². The maximum atomic E-state index is 4.21. The third kappa shape index (κ3) is 12.2. The van der Waals surface area contributed by atoms with E-state index in [4.69, 9.17) is 0 Å². The molecule has 0 aromatic heterocycles. The molecule has 0 amide bonds. The molecule has 0 N–H and O–H groups in total. The first kappa shape index (κ1) is 70.6. The molecule has 538 valence electrons. The quantitative estimate of drug-likeness (QED) is 0.0499. The van der Waals surface area contributed by atoms with Crippen LogP contribution in [-0.4, -0.2) is 0 Å². The number of fused-ring (bicyclic) bond motifs is 11. The summed E-state index contributed by atoms with van der Waals surface area (Å²) in [4.78, 5) is 5.25. The number of benzene rings is 14. The first-order valence-electron chi connectivity index (χ1n) is 40.5. The number of anilines is 6. The monoisotopic (exact) mass is 1410 g/mol. The van der Waals surface area contributed by atoms with E-state index in [1.165, 1.54) is 160 Å². The third-order valence-corrected chi connectivity index (χ3v) is 24.6. The van der Waals surface area contributed by atoms with Crippen LogP contribution in [0.3, 0.4) is 0 Å². The fourth-order valence-electron chi connectivity index (χ4n) is 19.6. The van der Waals surface area contributed by atoms with E-state index >= 15 is 0 Å². The molecule has 0 saturated heterocycles. The van der Waals surface area contributed by atoms with Crippen molar-refractivity contribution in [2.24, 2.45) is 11.8 Å². The molecule has 109 heavy (non-hydrogen) atoms. The maximum absolute atomic E-state index is 4.21. The molecule has 2 heteroatoms. The summed E-state index contributed by atoms with van der Waals surface area (Å²) in [6, 6.07) is 118. The van der Waals surface area contributed by atoms with Crippen molar-refractivity contribution in [1.82, 2.24) is 0 Å². The Labute approximate surface area is 647 Å². The summed E-state index contributed by atoms with van der Waals surface area (Å²) in [5.74, 6) is 1.09. The van der Waals surface area contributed by atoms with Gasteiger partial charge in [0.2, 0.25) is 0 Å². The van der Waals surface area contributed by atoms with E-state index < -0.39 is 10.8 Å². The third-order valence-electron chi connectivity index (χ3n) is 24.6. The fraction of sp³-hybridized carbons (Fsp3) is 0.215. The van der Waals surface area contributed by atoms with Crippen molar-refractivity contribution in [3.63, 3.8) is 0 Å². The van der Waals surface area contributed by atoms with E-state index in [1.807, 2.05) is 12.2 Å². The van der Waals surface area contributed by atoms with Crippen LogP contribution >= 0.6 is 0 Å². The highest BCUT2D eigenvalue weighted by Crippen LogP contribution is 2.62. The Hall–Kier alpha value is -11.3. The number of hydrogen-bond donors (Lipinski definition) is 0. The molecule has 0 bridgehead atoms. The van der Waals surface area contributed by atoms with Crippen LogP contribution in [0, 0.1) is 11.8 Å². The zero-order valence-electron chi connectivity index (χ0n) is 64.5. The van der Waals surface area contributed by atoms with E-state index in [9.17, 15) is 0 Å². The SMILES string of the molecule is C=Cc1ccc(C2(c3ccc(CC(C)C)cc3)c3ccccc3-c3ccc(N(c4ccc5c(c4)C(CCCCCC)(CCCCCC)c4cc(N(c6ccc7c(c6)C(c6ccc(C=C)cc6)(c6ccc(CC(C)C)cc6)c6ccccc6-7)c6cccc7ccccc67)ccc4-5)c4cccc5ccccc45)cc32)cc1. The number of unbranched alkanes of at least 4 members (excludes halogenated alkanes) is 6. The lowest BCUT2D eigenvalue weighted by atomic mass is 9.67. The average Bonchev–Trinajstić information content (AvgIpc) is 1.54. The smallest absolute Gasteiger partial charge is 0.0714 e. The first-order valence-corrected chi connectivity index (χ1v) is 40.5. The van der Waals surface area contributed by atoms with Crippen LogP contribution < -0.4 is 9.80 Å². The van der Waals surface area contributed by atoms with Crippen LogP contribution in [0.15, 0.2) is 316 Å². The molecule has 3 aliphatic rings. The number of rotatable bonds is 26. The van der Waals surface area contributed by atoms with Crippen LogP contribution in [0.25, 0.3) is 67.1 Å². The molecule has 0 saturated carbocycles. The largest absolute Gasteiger partial charge is 0.310 e. The van der Waals surface area contributed by atoms with Gasteiger partial charge >= 0.3 is 0 Å². The minimum atomic E-state index is -0.628. The van der Waals surface area contributed by atoms with Crippen LogP contribution in [0.5, 0.6) is 0 Å². The molecule has 2 atom stereocenters. The summed E-state index contributed by atoms with van der Waals surface area (Å²) in [6.45, 7) is 22.4. The van der Waals surface area contributed by atoms with Crippen molar-refractivity contribution in [3.05, 3.63) is 394 Å². The van der Waals surface area contributed by atoms with Crippen molar-refractivity contribution in [3.8, 4) is 33.4 Å². The van der Waals surface area contributed by atoms with Crippen molar-refractivity contribution in [2.45, 2.75) is 135 Å². The highest BCUT2D eigenvalue weighted by molar-refractivity contribution is 6.03. The molecule has 0 spiro atoms. The second-order valence-electron chi connectivity index (χ2n) is 32.1. The van der Waals surface area contributed by atoms with Crippen molar-refractivity contribution in [1.29, 1.82) is 0 Å². The molecular weight excluding hydrogens is 1310 g/mol. The Balaban J connectivity index is 0.882. The highest BCUT2D eigenvalue weighted by Gasteiger charge is 2.49. The molecule has 0 fully saturated rings. The van der Waals surface area contributed by atoms with Gasteiger partial charge < -0.3 is 9.80 Å². The molecule has 2 unspecified atom stereocenters. The Kier molecular flexibility index (Phi) is 19.2. The van der Waals surface area contributed by atoms with Gasteiger partial charge in [0, 0.05) is 38.9 Å². The van der Waals surface area contributed by atoms with Crippen molar-refractivity contribution in [2.75, 3.05) is 9.80 Å². The van der Waals surface area contributed by atoms with Crippen LogP contribution in [0.4, 0.5) is 34.1 Å². The van der Waals surface area contributed by atoms with Gasteiger partial charge in [-0.2, -0.15) is 0 Å². The van der Waals surface area contributed by atoms with Crippen molar-refractivity contribution < 1.29 is 0 Å². The van der Waals surface area contributed by atoms with Gasteiger partial charge in [-0.05, 0) is 220 Å².